The smallest absolute Gasteiger partial charge is 0.159 e. The third-order valence-electron chi connectivity index (χ3n) is 4.45. The predicted octanol–water partition coefficient (Wildman–Crippen LogP) is 3.61. The molecule has 0 aliphatic rings. The molecule has 0 spiro atoms. The van der Waals surface area contributed by atoms with E-state index in [4.69, 9.17) is 4.74 Å². The molecule has 2 N–H and O–H groups in total. The molecule has 0 aliphatic carbocycles. The van der Waals surface area contributed by atoms with Gasteiger partial charge in [-0.05, 0) is 38.5 Å². The Balaban J connectivity index is 1.80. The highest BCUT2D eigenvalue weighted by Gasteiger charge is 2.16. The molecule has 8 nitrogen and oxygen atoms in total. The number of nitrogens with zero attached hydrogens (tertiary/aromatic N) is 5. The lowest BCUT2D eigenvalue weighted by Crippen LogP contribution is -2.10. The van der Waals surface area contributed by atoms with E-state index in [2.05, 4.69) is 35.2 Å². The molecule has 0 unspecified atom stereocenters. The molecule has 1 aromatic carbocycles. The maximum atomic E-state index is 5.57. The summed E-state index contributed by atoms with van der Waals surface area (Å²) < 4.78 is 5.57. The van der Waals surface area contributed by atoms with Crippen LogP contribution in [0.25, 0.3) is 22.3 Å². The molecule has 1 atom stereocenters. The molecular weight excluding hydrogens is 354 g/mol. The summed E-state index contributed by atoms with van der Waals surface area (Å²) in [5.74, 6) is 2.80. The topological polar surface area (TPSA) is 102 Å². The minimum atomic E-state index is -0.0583. The van der Waals surface area contributed by atoms with E-state index >= 15 is 0 Å². The summed E-state index contributed by atoms with van der Waals surface area (Å²) in [5.41, 5.74) is 3.57. The summed E-state index contributed by atoms with van der Waals surface area (Å²) in [6.45, 7) is 5.96. The van der Waals surface area contributed by atoms with Gasteiger partial charge >= 0.3 is 0 Å². The summed E-state index contributed by atoms with van der Waals surface area (Å²) in [5, 5.41) is 4.24. The molecule has 0 fully saturated rings. The van der Waals surface area contributed by atoms with Gasteiger partial charge in [-0.1, -0.05) is 0 Å². The number of fused-ring (bicyclic) bond motifs is 1. The zero-order chi connectivity index (χ0) is 19.7. The van der Waals surface area contributed by atoms with Gasteiger partial charge in [0.05, 0.1) is 13.2 Å². The molecule has 142 valence electrons. The number of aryl methyl sites for hydroxylation is 2. The Labute approximate surface area is 162 Å². The Hall–Kier alpha value is -3.55. The quantitative estimate of drug-likeness (QED) is 0.549. The summed E-state index contributed by atoms with van der Waals surface area (Å²) in [4.78, 5) is 25.3. The van der Waals surface area contributed by atoms with Crippen LogP contribution in [0.5, 0.6) is 5.75 Å². The summed E-state index contributed by atoms with van der Waals surface area (Å²) in [6, 6.07) is 3.81. The summed E-state index contributed by atoms with van der Waals surface area (Å²) in [6.07, 6.45) is 6.92. The first-order chi connectivity index (χ1) is 13.5. The van der Waals surface area contributed by atoms with Gasteiger partial charge in [-0.2, -0.15) is 0 Å². The Bertz CT molecular complexity index is 1120. The molecule has 0 radical (unpaired) electrons. The normalized spacial score (nSPS) is 12.1. The minimum absolute atomic E-state index is 0.0583. The Morgan fingerprint density at radius 2 is 1.79 bits per heavy atom. The van der Waals surface area contributed by atoms with Gasteiger partial charge in [-0.25, -0.2) is 24.9 Å². The number of aromatic nitrogens is 6. The van der Waals surface area contributed by atoms with Crippen molar-refractivity contribution in [1.29, 1.82) is 0 Å². The van der Waals surface area contributed by atoms with Crippen molar-refractivity contribution in [3.63, 3.8) is 0 Å². The number of nitrogens with one attached hydrogen (secondary N) is 2. The third-order valence-corrected chi connectivity index (χ3v) is 4.45. The molecule has 0 bridgehead atoms. The average molecular weight is 375 g/mol. The van der Waals surface area contributed by atoms with Gasteiger partial charge in [0.25, 0.3) is 0 Å². The monoisotopic (exact) mass is 375 g/mol. The van der Waals surface area contributed by atoms with Crippen LogP contribution in [0.3, 0.4) is 0 Å². The maximum absolute atomic E-state index is 5.57. The van der Waals surface area contributed by atoms with Crippen LogP contribution in [0, 0.1) is 13.8 Å². The first-order valence-electron chi connectivity index (χ1n) is 8.95. The number of methoxy groups -OCH3 is 1. The van der Waals surface area contributed by atoms with E-state index in [-0.39, 0.29) is 6.04 Å². The Morgan fingerprint density at radius 1 is 1.00 bits per heavy atom. The largest absolute Gasteiger partial charge is 0.494 e. The molecule has 28 heavy (non-hydrogen) atoms. The van der Waals surface area contributed by atoms with Crippen LogP contribution in [0.2, 0.25) is 0 Å². The maximum Gasteiger partial charge on any atom is 0.159 e. The lowest BCUT2D eigenvalue weighted by molar-refractivity contribution is 0.419. The highest BCUT2D eigenvalue weighted by Crippen LogP contribution is 2.33. The van der Waals surface area contributed by atoms with Gasteiger partial charge in [0.15, 0.2) is 5.82 Å². The molecule has 0 saturated heterocycles. The molecule has 8 heteroatoms. The Kier molecular flexibility index (Phi) is 4.60. The molecular formula is C20H21N7O. The van der Waals surface area contributed by atoms with Gasteiger partial charge in [0, 0.05) is 35.2 Å². The fourth-order valence-electron chi connectivity index (χ4n) is 3.00. The number of rotatable bonds is 5. The SMILES string of the molecule is COc1cc(-c2ncc(C)cn2)cc2c(N[C@H](C)c3ncc(C)[nH]3)ncnc12. The molecule has 0 saturated carbocycles. The van der Waals surface area contributed by atoms with Crippen LogP contribution < -0.4 is 10.1 Å². The molecule has 4 aromatic rings. The fraction of sp³-hybridized carbons (Fsp3) is 0.250. The number of ether oxygens (including phenoxy) is 1. The Morgan fingerprint density at radius 3 is 2.46 bits per heavy atom. The van der Waals surface area contributed by atoms with E-state index in [1.807, 2.05) is 39.1 Å². The fourth-order valence-corrected chi connectivity index (χ4v) is 3.00. The molecule has 3 aromatic heterocycles. The number of anilines is 1. The second kappa shape index (κ2) is 7.22. The second-order valence-electron chi connectivity index (χ2n) is 6.70. The number of benzene rings is 1. The predicted molar refractivity (Wildman–Crippen MR) is 107 cm³/mol. The van der Waals surface area contributed by atoms with E-state index in [0.717, 1.165) is 33.5 Å². The van der Waals surface area contributed by atoms with Crippen LogP contribution in [-0.2, 0) is 0 Å². The molecule has 0 amide bonds. The first-order valence-corrected chi connectivity index (χ1v) is 8.95. The van der Waals surface area contributed by atoms with Crippen molar-refractivity contribution in [3.8, 4) is 17.1 Å². The highest BCUT2D eigenvalue weighted by molar-refractivity contribution is 5.96. The molecule has 3 heterocycles. The second-order valence-corrected chi connectivity index (χ2v) is 6.70. The zero-order valence-electron chi connectivity index (χ0n) is 16.2. The van der Waals surface area contributed by atoms with Crippen molar-refractivity contribution in [2.75, 3.05) is 12.4 Å². The molecule has 0 aliphatic heterocycles. The van der Waals surface area contributed by atoms with E-state index in [9.17, 15) is 0 Å². The van der Waals surface area contributed by atoms with Crippen LogP contribution in [0.15, 0.2) is 37.1 Å². The van der Waals surface area contributed by atoms with E-state index in [0.29, 0.717) is 17.4 Å². The van der Waals surface area contributed by atoms with Crippen molar-refractivity contribution in [2.24, 2.45) is 0 Å². The summed E-state index contributed by atoms with van der Waals surface area (Å²) >= 11 is 0. The lowest BCUT2D eigenvalue weighted by Gasteiger charge is -2.15. The van der Waals surface area contributed by atoms with Gasteiger partial charge in [-0.15, -0.1) is 0 Å². The van der Waals surface area contributed by atoms with E-state index in [1.54, 1.807) is 19.5 Å². The van der Waals surface area contributed by atoms with Crippen LogP contribution in [0.4, 0.5) is 5.82 Å². The van der Waals surface area contributed by atoms with Gasteiger partial charge in [0.1, 0.15) is 29.2 Å². The number of hydrogen-bond donors (Lipinski definition) is 2. The minimum Gasteiger partial charge on any atom is -0.494 e. The first kappa shape index (κ1) is 17.8. The van der Waals surface area contributed by atoms with Crippen molar-refractivity contribution >= 4 is 16.7 Å². The number of hydrogen-bond acceptors (Lipinski definition) is 7. The summed E-state index contributed by atoms with van der Waals surface area (Å²) in [7, 11) is 1.62. The van der Waals surface area contributed by atoms with Crippen LogP contribution >= 0.6 is 0 Å². The zero-order valence-corrected chi connectivity index (χ0v) is 16.2. The lowest BCUT2D eigenvalue weighted by atomic mass is 10.1. The van der Waals surface area contributed by atoms with Crippen molar-refractivity contribution < 1.29 is 4.74 Å². The van der Waals surface area contributed by atoms with Crippen LogP contribution in [-0.4, -0.2) is 37.0 Å². The van der Waals surface area contributed by atoms with Gasteiger partial charge in [0.2, 0.25) is 0 Å². The highest BCUT2D eigenvalue weighted by atomic mass is 16.5. The van der Waals surface area contributed by atoms with E-state index < -0.39 is 0 Å². The van der Waals surface area contributed by atoms with Crippen molar-refractivity contribution in [1.82, 2.24) is 29.9 Å². The third kappa shape index (κ3) is 3.36. The van der Waals surface area contributed by atoms with Crippen molar-refractivity contribution in [2.45, 2.75) is 26.8 Å². The molecule has 4 rings (SSSR count). The van der Waals surface area contributed by atoms with Crippen LogP contribution in [0.1, 0.15) is 30.0 Å². The van der Waals surface area contributed by atoms with Gasteiger partial charge < -0.3 is 15.0 Å². The van der Waals surface area contributed by atoms with Gasteiger partial charge in [-0.3, -0.25) is 0 Å². The standard InChI is InChI=1S/C20H21N7O/c1-11-7-21-19(22-8-11)14-5-15-17(16(6-14)28-4)24-10-25-20(15)27-13(3)18-23-9-12(2)26-18/h5-10,13H,1-4H3,(H,23,26)(H,24,25,27)/t13-/m1/s1. The average Bonchev–Trinajstić information content (AvgIpc) is 3.14. The number of aromatic amines is 1. The number of imidazole rings is 1. The van der Waals surface area contributed by atoms with E-state index in [1.165, 1.54) is 6.33 Å². The van der Waals surface area contributed by atoms with Crippen molar-refractivity contribution in [3.05, 3.63) is 54.1 Å². The number of H-pyrrole nitrogens is 1.